The molecule has 0 saturated carbocycles. The fourth-order valence-corrected chi connectivity index (χ4v) is 1.90. The Morgan fingerprint density at radius 2 is 1.90 bits per heavy atom. The zero-order valence-electron chi connectivity index (χ0n) is 10.8. The number of rotatable bonds is 3. The second-order valence-electron chi connectivity index (χ2n) is 4.17. The predicted octanol–water partition coefficient (Wildman–Crippen LogP) is 1.84. The molecule has 0 amide bonds. The summed E-state index contributed by atoms with van der Waals surface area (Å²) in [5, 5.41) is 6.53. The van der Waals surface area contributed by atoms with E-state index in [0.29, 0.717) is 17.1 Å². The Labute approximate surface area is 114 Å². The Kier molecular flexibility index (Phi) is 3.04. The van der Waals surface area contributed by atoms with Crippen molar-refractivity contribution >= 4 is 0 Å². The first-order chi connectivity index (χ1) is 9.78. The summed E-state index contributed by atoms with van der Waals surface area (Å²) in [5.74, 6) is 0.762. The topological polar surface area (TPSA) is 83.7 Å². The molecule has 0 spiro atoms. The van der Waals surface area contributed by atoms with Gasteiger partial charge in [-0.1, -0.05) is 0 Å². The zero-order chi connectivity index (χ0) is 13.9. The number of H-pyrrole nitrogens is 2. The third-order valence-electron chi connectivity index (χ3n) is 2.94. The van der Waals surface area contributed by atoms with Crippen LogP contribution in [0.4, 0.5) is 0 Å². The number of benzene rings is 1. The normalized spacial score (nSPS) is 10.4. The van der Waals surface area contributed by atoms with E-state index >= 15 is 0 Å². The molecule has 2 aromatic heterocycles. The molecule has 2 heterocycles. The lowest BCUT2D eigenvalue weighted by atomic mass is 10.1. The van der Waals surface area contributed by atoms with Gasteiger partial charge in [-0.15, -0.1) is 0 Å². The summed E-state index contributed by atoms with van der Waals surface area (Å²) in [6.45, 7) is 0. The summed E-state index contributed by atoms with van der Waals surface area (Å²) in [6.07, 6.45) is 3.20. The van der Waals surface area contributed by atoms with Gasteiger partial charge in [-0.05, 0) is 35.9 Å². The summed E-state index contributed by atoms with van der Waals surface area (Å²) in [7, 11) is 1.61. The van der Waals surface area contributed by atoms with E-state index in [0.717, 1.165) is 11.3 Å². The molecular weight excluding hydrogens is 256 g/mol. The van der Waals surface area contributed by atoms with E-state index in [1.54, 1.807) is 25.6 Å². The highest BCUT2D eigenvalue weighted by molar-refractivity contribution is 5.61. The molecule has 0 fully saturated rings. The maximum absolute atomic E-state index is 12.0. The number of methoxy groups -OCH3 is 1. The molecule has 1 aromatic carbocycles. The molecule has 100 valence electrons. The predicted molar refractivity (Wildman–Crippen MR) is 74.4 cm³/mol. The van der Waals surface area contributed by atoms with Crippen LogP contribution < -0.4 is 10.3 Å². The van der Waals surface area contributed by atoms with Gasteiger partial charge in [-0.25, -0.2) is 4.98 Å². The average molecular weight is 268 g/mol. The van der Waals surface area contributed by atoms with E-state index in [2.05, 4.69) is 20.2 Å². The van der Waals surface area contributed by atoms with Crippen molar-refractivity contribution in [1.29, 1.82) is 0 Å². The van der Waals surface area contributed by atoms with Crippen molar-refractivity contribution in [3.05, 3.63) is 53.1 Å². The van der Waals surface area contributed by atoms with Gasteiger partial charge in [0.15, 0.2) is 5.69 Å². The van der Waals surface area contributed by atoms with Crippen molar-refractivity contribution < 1.29 is 4.74 Å². The number of hydrogen-bond acceptors (Lipinski definition) is 4. The van der Waals surface area contributed by atoms with E-state index in [1.165, 1.54) is 0 Å². The van der Waals surface area contributed by atoms with Crippen LogP contribution in [0.5, 0.6) is 5.75 Å². The second-order valence-corrected chi connectivity index (χ2v) is 4.17. The Hall–Kier alpha value is -2.89. The van der Waals surface area contributed by atoms with Gasteiger partial charge in [0.2, 0.25) is 0 Å². The number of nitrogens with one attached hydrogen (secondary N) is 2. The zero-order valence-corrected chi connectivity index (χ0v) is 10.8. The van der Waals surface area contributed by atoms with Crippen LogP contribution in [0, 0.1) is 0 Å². The Bertz CT molecular complexity index is 761. The van der Waals surface area contributed by atoms with Crippen molar-refractivity contribution in [2.75, 3.05) is 7.11 Å². The van der Waals surface area contributed by atoms with Crippen LogP contribution in [-0.2, 0) is 0 Å². The van der Waals surface area contributed by atoms with Crippen LogP contribution in [0.1, 0.15) is 0 Å². The summed E-state index contributed by atoms with van der Waals surface area (Å²) >= 11 is 0. The first-order valence-corrected chi connectivity index (χ1v) is 6.01. The fraction of sp³-hybridized carbons (Fsp3) is 0.0714. The van der Waals surface area contributed by atoms with Crippen molar-refractivity contribution in [3.8, 4) is 28.4 Å². The highest BCUT2D eigenvalue weighted by Crippen LogP contribution is 2.19. The second kappa shape index (κ2) is 5.00. The van der Waals surface area contributed by atoms with Crippen molar-refractivity contribution in [2.24, 2.45) is 0 Å². The van der Waals surface area contributed by atoms with Gasteiger partial charge < -0.3 is 9.72 Å². The summed E-state index contributed by atoms with van der Waals surface area (Å²) in [6, 6.07) is 9.08. The van der Waals surface area contributed by atoms with Gasteiger partial charge in [0.05, 0.1) is 24.7 Å². The minimum absolute atomic E-state index is 0.262. The summed E-state index contributed by atoms with van der Waals surface area (Å²) in [4.78, 5) is 19.0. The smallest absolute Gasteiger partial charge is 0.276 e. The number of aromatic nitrogens is 4. The Morgan fingerprint density at radius 3 is 2.50 bits per heavy atom. The van der Waals surface area contributed by atoms with Crippen molar-refractivity contribution in [3.63, 3.8) is 0 Å². The molecule has 3 rings (SSSR count). The lowest BCUT2D eigenvalue weighted by Crippen LogP contribution is -2.12. The van der Waals surface area contributed by atoms with Gasteiger partial charge in [0.1, 0.15) is 5.75 Å². The van der Waals surface area contributed by atoms with Crippen molar-refractivity contribution in [2.45, 2.75) is 0 Å². The molecule has 2 N–H and O–H groups in total. The van der Waals surface area contributed by atoms with Crippen LogP contribution in [0.2, 0.25) is 0 Å². The first kappa shape index (κ1) is 12.2. The number of ether oxygens (including phenoxy) is 1. The SMILES string of the molecule is COc1ccc(-c2cnc(-c3ccn[nH]3)c(=O)[nH]2)cc1. The lowest BCUT2D eigenvalue weighted by molar-refractivity contribution is 0.415. The van der Waals surface area contributed by atoms with Gasteiger partial charge in [0.25, 0.3) is 5.56 Å². The molecule has 6 nitrogen and oxygen atoms in total. The van der Waals surface area contributed by atoms with E-state index in [-0.39, 0.29) is 5.56 Å². The molecule has 0 saturated heterocycles. The Morgan fingerprint density at radius 1 is 1.10 bits per heavy atom. The summed E-state index contributed by atoms with van der Waals surface area (Å²) < 4.78 is 5.10. The van der Waals surface area contributed by atoms with Crippen LogP contribution in [0.25, 0.3) is 22.6 Å². The average Bonchev–Trinajstić information content (AvgIpc) is 3.01. The largest absolute Gasteiger partial charge is 0.497 e. The monoisotopic (exact) mass is 268 g/mol. The highest BCUT2D eigenvalue weighted by atomic mass is 16.5. The maximum atomic E-state index is 12.0. The molecule has 20 heavy (non-hydrogen) atoms. The molecule has 0 aliphatic rings. The number of nitrogens with zero attached hydrogens (tertiary/aromatic N) is 2. The van der Waals surface area contributed by atoms with E-state index < -0.39 is 0 Å². The standard InChI is InChI=1S/C14H12N4O2/c1-20-10-4-2-9(3-5-10)12-8-15-13(14(19)17-12)11-6-7-16-18-11/h2-8H,1H3,(H,16,18)(H,17,19). The number of aromatic amines is 2. The van der Waals surface area contributed by atoms with E-state index in [1.807, 2.05) is 24.3 Å². The summed E-state index contributed by atoms with van der Waals surface area (Å²) in [5.41, 5.74) is 2.17. The molecular formula is C14H12N4O2. The molecule has 3 aromatic rings. The van der Waals surface area contributed by atoms with E-state index in [9.17, 15) is 4.79 Å². The lowest BCUT2D eigenvalue weighted by Gasteiger charge is -2.04. The minimum atomic E-state index is -0.262. The van der Waals surface area contributed by atoms with E-state index in [4.69, 9.17) is 4.74 Å². The van der Waals surface area contributed by atoms with Crippen LogP contribution in [0.15, 0.2) is 47.5 Å². The molecule has 0 atom stereocenters. The quantitative estimate of drug-likeness (QED) is 0.759. The highest BCUT2D eigenvalue weighted by Gasteiger charge is 2.08. The minimum Gasteiger partial charge on any atom is -0.497 e. The van der Waals surface area contributed by atoms with Gasteiger partial charge >= 0.3 is 0 Å². The third kappa shape index (κ3) is 2.18. The molecule has 0 bridgehead atoms. The molecule has 6 heteroatoms. The van der Waals surface area contributed by atoms with Crippen LogP contribution >= 0.6 is 0 Å². The van der Waals surface area contributed by atoms with Gasteiger partial charge in [0, 0.05) is 6.20 Å². The van der Waals surface area contributed by atoms with Gasteiger partial charge in [-0.2, -0.15) is 5.10 Å². The van der Waals surface area contributed by atoms with Crippen LogP contribution in [0.3, 0.4) is 0 Å². The number of hydrogen-bond donors (Lipinski definition) is 2. The van der Waals surface area contributed by atoms with Crippen LogP contribution in [-0.4, -0.2) is 27.3 Å². The molecule has 0 aliphatic heterocycles. The third-order valence-corrected chi connectivity index (χ3v) is 2.94. The molecule has 0 aliphatic carbocycles. The van der Waals surface area contributed by atoms with Gasteiger partial charge in [-0.3, -0.25) is 9.89 Å². The first-order valence-electron chi connectivity index (χ1n) is 6.01. The molecule has 0 radical (unpaired) electrons. The van der Waals surface area contributed by atoms with Crippen molar-refractivity contribution in [1.82, 2.24) is 20.2 Å². The Balaban J connectivity index is 1.99. The molecule has 0 unspecified atom stereocenters. The maximum Gasteiger partial charge on any atom is 0.276 e. The fourth-order valence-electron chi connectivity index (χ4n) is 1.90.